The third kappa shape index (κ3) is 5.54. The monoisotopic (exact) mass is 437 g/mol. The van der Waals surface area contributed by atoms with E-state index in [9.17, 15) is 9.59 Å². The lowest BCUT2D eigenvalue weighted by Crippen LogP contribution is -2.11. The number of rotatable bonds is 7. The van der Waals surface area contributed by atoms with E-state index in [-0.39, 0.29) is 11.7 Å². The SMILES string of the molecule is Cc1cccc(C(=O)Nc2cccc(SCC(=O)c3ccc(-c4ccccc4)cc3)c2)c1. The predicted molar refractivity (Wildman–Crippen MR) is 133 cm³/mol. The first kappa shape index (κ1) is 21.6. The molecule has 158 valence electrons. The van der Waals surface area contributed by atoms with E-state index in [1.54, 1.807) is 6.07 Å². The smallest absolute Gasteiger partial charge is 0.255 e. The molecule has 0 aromatic heterocycles. The van der Waals surface area contributed by atoms with E-state index in [0.717, 1.165) is 21.6 Å². The van der Waals surface area contributed by atoms with Crippen molar-refractivity contribution in [1.29, 1.82) is 0 Å². The molecule has 0 spiro atoms. The molecule has 0 bridgehead atoms. The van der Waals surface area contributed by atoms with Gasteiger partial charge in [-0.1, -0.05) is 78.4 Å². The molecule has 0 aliphatic carbocycles. The van der Waals surface area contributed by atoms with Crippen LogP contribution in [0.1, 0.15) is 26.3 Å². The van der Waals surface area contributed by atoms with Gasteiger partial charge in [-0.15, -0.1) is 11.8 Å². The van der Waals surface area contributed by atoms with Gasteiger partial charge in [0.05, 0.1) is 5.75 Å². The van der Waals surface area contributed by atoms with Crippen molar-refractivity contribution in [2.75, 3.05) is 11.1 Å². The minimum atomic E-state index is -0.148. The average Bonchev–Trinajstić information content (AvgIpc) is 2.83. The largest absolute Gasteiger partial charge is 0.322 e. The molecule has 32 heavy (non-hydrogen) atoms. The quantitative estimate of drug-likeness (QED) is 0.253. The predicted octanol–water partition coefficient (Wildman–Crippen LogP) is 6.89. The van der Waals surface area contributed by atoms with Crippen molar-refractivity contribution in [3.63, 3.8) is 0 Å². The fraction of sp³-hybridized carbons (Fsp3) is 0.0714. The van der Waals surface area contributed by atoms with Gasteiger partial charge in [0.25, 0.3) is 5.91 Å². The summed E-state index contributed by atoms with van der Waals surface area (Å²) in [7, 11) is 0. The highest BCUT2D eigenvalue weighted by Gasteiger charge is 2.09. The van der Waals surface area contributed by atoms with Crippen LogP contribution in [0.2, 0.25) is 0 Å². The molecule has 1 N–H and O–H groups in total. The van der Waals surface area contributed by atoms with E-state index >= 15 is 0 Å². The first-order chi connectivity index (χ1) is 15.6. The van der Waals surface area contributed by atoms with Crippen LogP contribution in [-0.4, -0.2) is 17.4 Å². The standard InChI is InChI=1S/C28H23NO2S/c1-20-7-5-10-24(17-20)28(31)29-25-11-6-12-26(18-25)32-19-27(30)23-15-13-22(14-16-23)21-8-3-2-4-9-21/h2-18H,19H2,1H3,(H,29,31). The van der Waals surface area contributed by atoms with E-state index in [0.29, 0.717) is 22.6 Å². The molecule has 4 aromatic carbocycles. The summed E-state index contributed by atoms with van der Waals surface area (Å²) in [5.74, 6) is 0.259. The summed E-state index contributed by atoms with van der Waals surface area (Å²) in [6.45, 7) is 1.96. The van der Waals surface area contributed by atoms with Crippen molar-refractivity contribution < 1.29 is 9.59 Å². The van der Waals surface area contributed by atoms with Gasteiger partial charge in [-0.2, -0.15) is 0 Å². The van der Waals surface area contributed by atoms with Crippen molar-refractivity contribution >= 4 is 29.1 Å². The van der Waals surface area contributed by atoms with Gasteiger partial charge in [0.15, 0.2) is 5.78 Å². The fourth-order valence-electron chi connectivity index (χ4n) is 3.36. The number of anilines is 1. The Morgan fingerprint density at radius 2 is 1.44 bits per heavy atom. The molecular formula is C28H23NO2S. The summed E-state index contributed by atoms with van der Waals surface area (Å²) in [6, 6.07) is 32.9. The molecule has 0 atom stereocenters. The highest BCUT2D eigenvalue weighted by molar-refractivity contribution is 8.00. The van der Waals surface area contributed by atoms with Gasteiger partial charge >= 0.3 is 0 Å². The number of Topliss-reactive ketones (excluding diaryl/α,β-unsaturated/α-hetero) is 1. The lowest BCUT2D eigenvalue weighted by Gasteiger charge is -2.08. The van der Waals surface area contributed by atoms with Crippen LogP contribution in [-0.2, 0) is 0 Å². The Balaban J connectivity index is 1.36. The summed E-state index contributed by atoms with van der Waals surface area (Å²) in [5, 5.41) is 2.93. The van der Waals surface area contributed by atoms with Gasteiger partial charge in [-0.25, -0.2) is 0 Å². The molecule has 0 heterocycles. The van der Waals surface area contributed by atoms with Crippen molar-refractivity contribution in [2.45, 2.75) is 11.8 Å². The van der Waals surface area contributed by atoms with Gasteiger partial charge in [-0.05, 0) is 48.4 Å². The second-order valence-corrected chi connectivity index (χ2v) is 8.56. The molecular weight excluding hydrogens is 414 g/mol. The van der Waals surface area contributed by atoms with Crippen molar-refractivity contribution in [2.24, 2.45) is 0 Å². The van der Waals surface area contributed by atoms with Crippen LogP contribution in [0.4, 0.5) is 5.69 Å². The summed E-state index contributed by atoms with van der Waals surface area (Å²) in [5.41, 5.74) is 5.29. The number of aryl methyl sites for hydroxylation is 1. The number of nitrogens with one attached hydrogen (secondary N) is 1. The number of thioether (sulfide) groups is 1. The van der Waals surface area contributed by atoms with Crippen LogP contribution >= 0.6 is 11.8 Å². The minimum Gasteiger partial charge on any atom is -0.322 e. The highest BCUT2D eigenvalue weighted by atomic mass is 32.2. The molecule has 4 rings (SSSR count). The Labute approximate surface area is 192 Å². The van der Waals surface area contributed by atoms with E-state index in [2.05, 4.69) is 17.4 Å². The Morgan fingerprint density at radius 3 is 2.19 bits per heavy atom. The maximum atomic E-state index is 12.7. The zero-order valence-electron chi connectivity index (χ0n) is 17.7. The number of amides is 1. The molecule has 0 unspecified atom stereocenters. The third-order valence-electron chi connectivity index (χ3n) is 5.06. The van der Waals surface area contributed by atoms with Crippen LogP contribution in [0.5, 0.6) is 0 Å². The summed E-state index contributed by atoms with van der Waals surface area (Å²) >= 11 is 1.46. The van der Waals surface area contributed by atoms with E-state index in [4.69, 9.17) is 0 Å². The van der Waals surface area contributed by atoms with Crippen LogP contribution in [0, 0.1) is 6.92 Å². The molecule has 0 fully saturated rings. The lowest BCUT2D eigenvalue weighted by molar-refractivity contribution is 0.101. The molecule has 0 aliphatic heterocycles. The molecule has 4 aromatic rings. The van der Waals surface area contributed by atoms with Gasteiger partial charge in [0, 0.05) is 21.7 Å². The maximum Gasteiger partial charge on any atom is 0.255 e. The second kappa shape index (κ2) is 10.1. The van der Waals surface area contributed by atoms with Crippen molar-refractivity contribution in [3.8, 4) is 11.1 Å². The Hall–Kier alpha value is -3.63. The van der Waals surface area contributed by atoms with Crippen molar-refractivity contribution in [3.05, 3.63) is 120 Å². The Bertz CT molecular complexity index is 1230. The molecule has 3 nitrogen and oxygen atoms in total. The van der Waals surface area contributed by atoms with Crippen molar-refractivity contribution in [1.82, 2.24) is 0 Å². The van der Waals surface area contributed by atoms with Gasteiger partial charge < -0.3 is 5.32 Å². The molecule has 0 saturated heterocycles. The first-order valence-electron chi connectivity index (χ1n) is 10.4. The summed E-state index contributed by atoms with van der Waals surface area (Å²) in [6.07, 6.45) is 0. The number of benzene rings is 4. The number of hydrogen-bond donors (Lipinski definition) is 1. The van der Waals surface area contributed by atoms with E-state index < -0.39 is 0 Å². The zero-order chi connectivity index (χ0) is 22.3. The Kier molecular flexibility index (Phi) is 6.83. The molecule has 0 saturated carbocycles. The zero-order valence-corrected chi connectivity index (χ0v) is 18.6. The number of carbonyl (C=O) groups is 2. The molecule has 4 heteroatoms. The van der Waals surface area contributed by atoms with Gasteiger partial charge in [-0.3, -0.25) is 9.59 Å². The summed E-state index contributed by atoms with van der Waals surface area (Å²) < 4.78 is 0. The maximum absolute atomic E-state index is 12.7. The van der Waals surface area contributed by atoms with E-state index in [1.807, 2.05) is 91.9 Å². The first-order valence-corrected chi connectivity index (χ1v) is 11.4. The van der Waals surface area contributed by atoms with E-state index in [1.165, 1.54) is 11.8 Å². The molecule has 1 amide bonds. The fourth-order valence-corrected chi connectivity index (χ4v) is 4.21. The molecule has 0 aliphatic rings. The number of hydrogen-bond acceptors (Lipinski definition) is 3. The lowest BCUT2D eigenvalue weighted by atomic mass is 10.0. The molecule has 0 radical (unpaired) electrons. The highest BCUT2D eigenvalue weighted by Crippen LogP contribution is 2.24. The van der Waals surface area contributed by atoms with Gasteiger partial charge in [0.2, 0.25) is 0 Å². The number of ketones is 1. The third-order valence-corrected chi connectivity index (χ3v) is 6.05. The van der Waals surface area contributed by atoms with Crippen LogP contribution in [0.3, 0.4) is 0 Å². The minimum absolute atomic E-state index is 0.0730. The van der Waals surface area contributed by atoms with Crippen LogP contribution in [0.25, 0.3) is 11.1 Å². The average molecular weight is 438 g/mol. The normalized spacial score (nSPS) is 10.5. The van der Waals surface area contributed by atoms with Gasteiger partial charge in [0.1, 0.15) is 0 Å². The van der Waals surface area contributed by atoms with Crippen LogP contribution < -0.4 is 5.32 Å². The second-order valence-electron chi connectivity index (χ2n) is 7.51. The number of carbonyl (C=O) groups excluding carboxylic acids is 2. The topological polar surface area (TPSA) is 46.2 Å². The van der Waals surface area contributed by atoms with Crippen LogP contribution in [0.15, 0.2) is 108 Å². The summed E-state index contributed by atoms with van der Waals surface area (Å²) in [4.78, 5) is 26.1. The Morgan fingerprint density at radius 1 is 0.719 bits per heavy atom.